The van der Waals surface area contributed by atoms with Crippen molar-refractivity contribution in [2.24, 2.45) is 0 Å². The number of sulfone groups is 1. The van der Waals surface area contributed by atoms with Gasteiger partial charge in [-0.25, -0.2) is 12.8 Å². The highest BCUT2D eigenvalue weighted by Crippen LogP contribution is 2.25. The second-order valence-electron chi connectivity index (χ2n) is 4.27. The highest BCUT2D eigenvalue weighted by atomic mass is 32.2. The standard InChI is InChI=1S/C15H15FO4S/c1-19-14-4-2-3-5-15(14)20-10-11-21(17,18)13-8-6-12(16)7-9-13/h2-9H,10-11H2,1H3. The molecule has 0 bridgehead atoms. The molecular formula is C15H15FO4S. The number of rotatable bonds is 6. The Kier molecular flexibility index (Phi) is 4.80. The van der Waals surface area contributed by atoms with Crippen LogP contribution in [0.15, 0.2) is 53.4 Å². The molecule has 0 heterocycles. The first kappa shape index (κ1) is 15.3. The van der Waals surface area contributed by atoms with Crippen molar-refractivity contribution in [2.75, 3.05) is 19.5 Å². The van der Waals surface area contributed by atoms with E-state index in [4.69, 9.17) is 9.47 Å². The van der Waals surface area contributed by atoms with Crippen LogP contribution < -0.4 is 9.47 Å². The van der Waals surface area contributed by atoms with Crippen LogP contribution >= 0.6 is 0 Å². The number of para-hydroxylation sites is 2. The van der Waals surface area contributed by atoms with Gasteiger partial charge in [-0.15, -0.1) is 0 Å². The lowest BCUT2D eigenvalue weighted by atomic mass is 10.3. The number of methoxy groups -OCH3 is 1. The lowest BCUT2D eigenvalue weighted by Crippen LogP contribution is -2.14. The zero-order chi connectivity index (χ0) is 15.3. The van der Waals surface area contributed by atoms with Crippen molar-refractivity contribution in [1.82, 2.24) is 0 Å². The van der Waals surface area contributed by atoms with Crippen LogP contribution in [0.1, 0.15) is 0 Å². The van der Waals surface area contributed by atoms with Crippen molar-refractivity contribution in [3.8, 4) is 11.5 Å². The number of hydrogen-bond acceptors (Lipinski definition) is 4. The van der Waals surface area contributed by atoms with Crippen molar-refractivity contribution in [2.45, 2.75) is 4.90 Å². The summed E-state index contributed by atoms with van der Waals surface area (Å²) in [6, 6.07) is 11.7. The Morgan fingerprint density at radius 1 is 1.00 bits per heavy atom. The summed E-state index contributed by atoms with van der Waals surface area (Å²) in [5.41, 5.74) is 0. The summed E-state index contributed by atoms with van der Waals surface area (Å²) in [6.45, 7) is -0.0138. The van der Waals surface area contributed by atoms with Gasteiger partial charge >= 0.3 is 0 Å². The second-order valence-corrected chi connectivity index (χ2v) is 6.38. The van der Waals surface area contributed by atoms with Gasteiger partial charge in [-0.1, -0.05) is 12.1 Å². The van der Waals surface area contributed by atoms with Gasteiger partial charge in [0.15, 0.2) is 21.3 Å². The zero-order valence-electron chi connectivity index (χ0n) is 11.5. The molecule has 0 saturated heterocycles. The molecule has 21 heavy (non-hydrogen) atoms. The fourth-order valence-corrected chi connectivity index (χ4v) is 2.85. The fourth-order valence-electron chi connectivity index (χ4n) is 1.76. The minimum atomic E-state index is -3.50. The predicted octanol–water partition coefficient (Wildman–Crippen LogP) is 2.69. The first-order valence-electron chi connectivity index (χ1n) is 6.27. The Hall–Kier alpha value is -2.08. The zero-order valence-corrected chi connectivity index (χ0v) is 12.3. The van der Waals surface area contributed by atoms with E-state index in [9.17, 15) is 12.8 Å². The molecule has 0 aliphatic rings. The van der Waals surface area contributed by atoms with Gasteiger partial charge < -0.3 is 9.47 Å². The van der Waals surface area contributed by atoms with E-state index in [0.29, 0.717) is 11.5 Å². The fraction of sp³-hybridized carbons (Fsp3) is 0.200. The molecule has 2 rings (SSSR count). The van der Waals surface area contributed by atoms with E-state index in [-0.39, 0.29) is 17.3 Å². The van der Waals surface area contributed by atoms with Gasteiger partial charge in [0.25, 0.3) is 0 Å². The maximum absolute atomic E-state index is 12.8. The lowest BCUT2D eigenvalue weighted by Gasteiger charge is -2.10. The van der Waals surface area contributed by atoms with E-state index < -0.39 is 15.7 Å². The Morgan fingerprint density at radius 3 is 2.24 bits per heavy atom. The number of benzene rings is 2. The maximum atomic E-state index is 12.8. The van der Waals surface area contributed by atoms with Gasteiger partial charge in [0.2, 0.25) is 0 Å². The molecule has 2 aromatic rings. The van der Waals surface area contributed by atoms with E-state index in [1.54, 1.807) is 24.3 Å². The van der Waals surface area contributed by atoms with E-state index in [1.165, 1.54) is 19.2 Å². The highest BCUT2D eigenvalue weighted by molar-refractivity contribution is 7.91. The molecule has 0 aromatic heterocycles. The van der Waals surface area contributed by atoms with Gasteiger partial charge in [-0.3, -0.25) is 0 Å². The van der Waals surface area contributed by atoms with Gasteiger partial charge in [0.05, 0.1) is 17.8 Å². The third-order valence-electron chi connectivity index (χ3n) is 2.85. The van der Waals surface area contributed by atoms with Crippen LogP contribution in [-0.2, 0) is 9.84 Å². The predicted molar refractivity (Wildman–Crippen MR) is 76.9 cm³/mol. The second kappa shape index (κ2) is 6.58. The molecule has 0 saturated carbocycles. The maximum Gasteiger partial charge on any atom is 0.181 e. The van der Waals surface area contributed by atoms with Crippen LogP contribution in [0.3, 0.4) is 0 Å². The van der Waals surface area contributed by atoms with E-state index in [2.05, 4.69) is 0 Å². The molecule has 0 aliphatic carbocycles. The molecule has 0 N–H and O–H groups in total. The van der Waals surface area contributed by atoms with Crippen molar-refractivity contribution < 1.29 is 22.3 Å². The van der Waals surface area contributed by atoms with Gasteiger partial charge in [0, 0.05) is 0 Å². The van der Waals surface area contributed by atoms with Crippen molar-refractivity contribution in [3.63, 3.8) is 0 Å². The van der Waals surface area contributed by atoms with Crippen molar-refractivity contribution in [1.29, 1.82) is 0 Å². The summed E-state index contributed by atoms with van der Waals surface area (Å²) in [4.78, 5) is 0.0764. The van der Waals surface area contributed by atoms with E-state index >= 15 is 0 Å². The molecule has 0 unspecified atom stereocenters. The van der Waals surface area contributed by atoms with Crippen LogP contribution in [0, 0.1) is 5.82 Å². The monoisotopic (exact) mass is 310 g/mol. The topological polar surface area (TPSA) is 52.6 Å². The Morgan fingerprint density at radius 2 is 1.62 bits per heavy atom. The SMILES string of the molecule is COc1ccccc1OCCS(=O)(=O)c1ccc(F)cc1. The first-order chi connectivity index (χ1) is 10.0. The quantitative estimate of drug-likeness (QED) is 0.770. The number of halogens is 1. The van der Waals surface area contributed by atoms with Crippen molar-refractivity contribution >= 4 is 9.84 Å². The average molecular weight is 310 g/mol. The molecule has 4 nitrogen and oxygen atoms in total. The van der Waals surface area contributed by atoms with Gasteiger partial charge in [-0.2, -0.15) is 0 Å². The summed E-state index contributed by atoms with van der Waals surface area (Å²) < 4.78 is 47.4. The van der Waals surface area contributed by atoms with Crippen LogP contribution in [-0.4, -0.2) is 27.9 Å². The Bertz CT molecular complexity index is 696. The van der Waals surface area contributed by atoms with Crippen LogP contribution in [0.25, 0.3) is 0 Å². The minimum Gasteiger partial charge on any atom is -0.493 e. The molecule has 2 aromatic carbocycles. The van der Waals surface area contributed by atoms with Crippen LogP contribution in [0.5, 0.6) is 11.5 Å². The number of hydrogen-bond donors (Lipinski definition) is 0. The third kappa shape index (κ3) is 3.95. The summed E-state index contributed by atoms with van der Waals surface area (Å²) in [6.07, 6.45) is 0. The van der Waals surface area contributed by atoms with Crippen molar-refractivity contribution in [3.05, 3.63) is 54.3 Å². The smallest absolute Gasteiger partial charge is 0.181 e. The normalized spacial score (nSPS) is 11.1. The molecule has 0 atom stereocenters. The summed E-state index contributed by atoms with van der Waals surface area (Å²) in [5.74, 6) is 0.349. The summed E-state index contributed by atoms with van der Waals surface area (Å²) in [7, 11) is -1.99. The molecule has 112 valence electrons. The van der Waals surface area contributed by atoms with Gasteiger partial charge in [0.1, 0.15) is 12.4 Å². The first-order valence-corrected chi connectivity index (χ1v) is 7.92. The molecule has 0 radical (unpaired) electrons. The molecular weight excluding hydrogens is 295 g/mol. The average Bonchev–Trinajstić information content (AvgIpc) is 2.48. The largest absolute Gasteiger partial charge is 0.493 e. The minimum absolute atomic E-state index is 0.0138. The Balaban J connectivity index is 2.01. The molecule has 0 spiro atoms. The summed E-state index contributed by atoms with van der Waals surface area (Å²) >= 11 is 0. The number of ether oxygens (including phenoxy) is 2. The lowest BCUT2D eigenvalue weighted by molar-refractivity contribution is 0.311. The van der Waals surface area contributed by atoms with E-state index in [0.717, 1.165) is 12.1 Å². The molecule has 6 heteroatoms. The highest BCUT2D eigenvalue weighted by Gasteiger charge is 2.15. The van der Waals surface area contributed by atoms with Crippen LogP contribution in [0.4, 0.5) is 4.39 Å². The van der Waals surface area contributed by atoms with Crippen LogP contribution in [0.2, 0.25) is 0 Å². The Labute approximate surface area is 123 Å². The third-order valence-corrected chi connectivity index (χ3v) is 4.55. The van der Waals surface area contributed by atoms with Gasteiger partial charge in [-0.05, 0) is 36.4 Å². The summed E-state index contributed by atoms with van der Waals surface area (Å²) in [5, 5.41) is 0. The molecule has 0 amide bonds. The molecule has 0 fully saturated rings. The van der Waals surface area contributed by atoms with E-state index in [1.807, 2.05) is 0 Å². The molecule has 0 aliphatic heterocycles.